The Bertz CT molecular complexity index is 1120. The zero-order valence-electron chi connectivity index (χ0n) is 14.9. The van der Waals surface area contributed by atoms with Gasteiger partial charge in [0.05, 0.1) is 27.9 Å². The van der Waals surface area contributed by atoms with E-state index in [4.69, 9.17) is 11.6 Å². The van der Waals surface area contributed by atoms with Crippen LogP contribution in [-0.4, -0.2) is 41.3 Å². The van der Waals surface area contributed by atoms with E-state index in [1.54, 1.807) is 23.5 Å². The number of thioether (sulfide) groups is 1. The molecule has 1 saturated heterocycles. The molecule has 6 nitrogen and oxygen atoms in total. The van der Waals surface area contributed by atoms with Gasteiger partial charge >= 0.3 is 0 Å². The molecule has 0 radical (unpaired) electrons. The average molecular weight is 486 g/mol. The van der Waals surface area contributed by atoms with Gasteiger partial charge in [-0.3, -0.25) is 4.79 Å². The highest BCUT2D eigenvalue weighted by atomic mass is 35.5. The topological polar surface area (TPSA) is 79.4 Å². The predicted octanol–water partition coefficient (Wildman–Crippen LogP) is 3.91. The third kappa shape index (κ3) is 4.52. The van der Waals surface area contributed by atoms with Gasteiger partial charge in [-0.15, -0.1) is 34.4 Å². The van der Waals surface area contributed by atoms with Crippen LogP contribution >= 0.6 is 46.0 Å². The van der Waals surface area contributed by atoms with Crippen LogP contribution in [0.3, 0.4) is 0 Å². The fourth-order valence-electron chi connectivity index (χ4n) is 2.83. The summed E-state index contributed by atoms with van der Waals surface area (Å²) in [6.07, 6.45) is 0. The summed E-state index contributed by atoms with van der Waals surface area (Å²) in [5, 5.41) is 7.97. The van der Waals surface area contributed by atoms with Gasteiger partial charge in [0.15, 0.2) is 0 Å². The van der Waals surface area contributed by atoms with E-state index >= 15 is 0 Å². The van der Waals surface area contributed by atoms with Crippen LogP contribution in [0.4, 0.5) is 0 Å². The molecule has 2 aromatic heterocycles. The van der Waals surface area contributed by atoms with Gasteiger partial charge in [-0.25, -0.2) is 13.4 Å². The molecule has 0 aliphatic carbocycles. The maximum Gasteiger partial charge on any atom is 0.244 e. The number of hydrogen-bond donors (Lipinski definition) is 1. The van der Waals surface area contributed by atoms with Crippen LogP contribution in [0.15, 0.2) is 52.1 Å². The molecule has 3 aromatic rings. The van der Waals surface area contributed by atoms with E-state index in [2.05, 4.69) is 10.3 Å². The number of aromatic nitrogens is 1. The summed E-state index contributed by atoms with van der Waals surface area (Å²) in [4.78, 5) is 18.4. The maximum atomic E-state index is 13.0. The molecule has 0 saturated carbocycles. The first kappa shape index (κ1) is 20.8. The Morgan fingerprint density at radius 1 is 1.28 bits per heavy atom. The maximum absolute atomic E-state index is 13.0. The number of carbonyl (C=O) groups excluding carboxylic acids is 1. The Labute approximate surface area is 186 Å². The number of hydrogen-bond acceptors (Lipinski definition) is 7. The Kier molecular flexibility index (Phi) is 6.28. The highest BCUT2D eigenvalue weighted by Gasteiger charge is 2.40. The summed E-state index contributed by atoms with van der Waals surface area (Å²) >= 11 is 10.5. The molecular formula is C18H16ClN3O3S4. The summed E-state index contributed by atoms with van der Waals surface area (Å²) in [5.41, 5.74) is 0.752. The van der Waals surface area contributed by atoms with E-state index in [0.717, 1.165) is 15.6 Å². The minimum atomic E-state index is -3.81. The fourth-order valence-corrected chi connectivity index (χ4v) is 7.92. The van der Waals surface area contributed by atoms with Crippen molar-refractivity contribution < 1.29 is 13.2 Å². The van der Waals surface area contributed by atoms with Gasteiger partial charge in [0, 0.05) is 16.2 Å². The SMILES string of the molecule is O=C(NCc1csc(-c2cccs2)n1)C1CSCN1S(=O)(=O)c1cccc(Cl)c1. The van der Waals surface area contributed by atoms with Crippen molar-refractivity contribution in [1.29, 1.82) is 0 Å². The lowest BCUT2D eigenvalue weighted by atomic mass is 10.3. The van der Waals surface area contributed by atoms with Gasteiger partial charge in [-0.2, -0.15) is 4.31 Å². The standard InChI is InChI=1S/C18H16ClN3O3S4/c19-12-3-1-4-14(7-12)29(24,25)22-11-26-10-15(22)17(23)20-8-13-9-28-18(21-13)16-5-2-6-27-16/h1-7,9,15H,8,10-11H2,(H,20,23). The van der Waals surface area contributed by atoms with Crippen molar-refractivity contribution in [3.8, 4) is 9.88 Å². The van der Waals surface area contributed by atoms with E-state index in [1.165, 1.54) is 39.5 Å². The van der Waals surface area contributed by atoms with Crippen molar-refractivity contribution in [2.24, 2.45) is 0 Å². The molecule has 0 spiro atoms. The number of thiazole rings is 1. The normalized spacial score (nSPS) is 17.5. The van der Waals surface area contributed by atoms with Gasteiger partial charge < -0.3 is 5.32 Å². The second kappa shape index (κ2) is 8.75. The lowest BCUT2D eigenvalue weighted by Crippen LogP contribution is -2.46. The average Bonchev–Trinajstić information content (AvgIpc) is 3.47. The molecule has 1 N–H and O–H groups in total. The first-order chi connectivity index (χ1) is 13.9. The number of thiophene rings is 1. The molecule has 1 aliphatic rings. The lowest BCUT2D eigenvalue weighted by molar-refractivity contribution is -0.124. The molecule has 0 bridgehead atoms. The molecule has 1 unspecified atom stereocenters. The molecular weight excluding hydrogens is 470 g/mol. The minimum Gasteiger partial charge on any atom is -0.349 e. The van der Waals surface area contributed by atoms with Crippen LogP contribution in [0, 0.1) is 0 Å². The highest BCUT2D eigenvalue weighted by Crippen LogP contribution is 2.30. The molecule has 152 valence electrons. The summed E-state index contributed by atoms with van der Waals surface area (Å²) in [6.45, 7) is 0.257. The van der Waals surface area contributed by atoms with E-state index in [-0.39, 0.29) is 23.2 Å². The number of nitrogens with zero attached hydrogens (tertiary/aromatic N) is 2. The minimum absolute atomic E-state index is 0.0883. The molecule has 3 heterocycles. The Balaban J connectivity index is 1.44. The number of rotatable bonds is 6. The van der Waals surface area contributed by atoms with Gasteiger partial charge in [0.25, 0.3) is 0 Å². The first-order valence-electron chi connectivity index (χ1n) is 8.56. The summed E-state index contributed by atoms with van der Waals surface area (Å²) in [5.74, 6) is 0.307. The van der Waals surface area contributed by atoms with Gasteiger partial charge in [-0.1, -0.05) is 23.7 Å². The van der Waals surface area contributed by atoms with Crippen LogP contribution in [0.1, 0.15) is 5.69 Å². The van der Waals surface area contributed by atoms with Crippen LogP contribution < -0.4 is 5.32 Å². The van der Waals surface area contributed by atoms with Crippen molar-refractivity contribution in [2.45, 2.75) is 17.5 Å². The molecule has 1 fully saturated rings. The molecule has 29 heavy (non-hydrogen) atoms. The first-order valence-corrected chi connectivity index (χ1v) is 13.3. The number of nitrogens with one attached hydrogen (secondary N) is 1. The third-order valence-corrected chi connectivity index (χ3v) is 9.47. The third-order valence-electron chi connectivity index (χ3n) is 4.27. The molecule has 1 aromatic carbocycles. The summed E-state index contributed by atoms with van der Waals surface area (Å²) in [6, 6.07) is 9.29. The quantitative estimate of drug-likeness (QED) is 0.572. The summed E-state index contributed by atoms with van der Waals surface area (Å²) < 4.78 is 27.2. The Morgan fingerprint density at radius 3 is 2.90 bits per heavy atom. The number of sulfonamides is 1. The molecule has 1 amide bonds. The van der Waals surface area contributed by atoms with Gasteiger partial charge in [0.1, 0.15) is 11.0 Å². The van der Waals surface area contributed by atoms with Crippen molar-refractivity contribution in [3.05, 3.63) is 57.9 Å². The van der Waals surface area contributed by atoms with Crippen LogP contribution in [0.2, 0.25) is 5.02 Å². The van der Waals surface area contributed by atoms with Gasteiger partial charge in [-0.05, 0) is 29.6 Å². The van der Waals surface area contributed by atoms with E-state index in [0.29, 0.717) is 10.8 Å². The number of amides is 1. The predicted molar refractivity (Wildman–Crippen MR) is 119 cm³/mol. The van der Waals surface area contributed by atoms with Gasteiger partial charge in [0.2, 0.25) is 15.9 Å². The smallest absolute Gasteiger partial charge is 0.244 e. The molecule has 1 atom stereocenters. The second-order valence-corrected chi connectivity index (χ2v) is 11.3. The highest BCUT2D eigenvalue weighted by molar-refractivity contribution is 8.00. The van der Waals surface area contributed by atoms with Crippen molar-refractivity contribution in [2.75, 3.05) is 11.6 Å². The number of benzene rings is 1. The second-order valence-electron chi connectivity index (χ2n) is 6.20. The monoisotopic (exact) mass is 485 g/mol. The zero-order valence-corrected chi connectivity index (χ0v) is 19.0. The van der Waals surface area contributed by atoms with E-state index in [9.17, 15) is 13.2 Å². The molecule has 4 rings (SSSR count). The molecule has 1 aliphatic heterocycles. The van der Waals surface area contributed by atoms with E-state index < -0.39 is 16.1 Å². The fraction of sp³-hybridized carbons (Fsp3) is 0.222. The summed E-state index contributed by atoms with van der Waals surface area (Å²) in [7, 11) is -3.81. The van der Waals surface area contributed by atoms with Crippen molar-refractivity contribution >= 4 is 62.0 Å². The van der Waals surface area contributed by atoms with Crippen LogP contribution in [-0.2, 0) is 21.4 Å². The van der Waals surface area contributed by atoms with Crippen molar-refractivity contribution in [1.82, 2.24) is 14.6 Å². The van der Waals surface area contributed by atoms with Crippen LogP contribution in [0.25, 0.3) is 9.88 Å². The number of carbonyl (C=O) groups is 1. The zero-order chi connectivity index (χ0) is 20.4. The number of halogens is 1. The van der Waals surface area contributed by atoms with Crippen molar-refractivity contribution in [3.63, 3.8) is 0 Å². The molecule has 11 heteroatoms. The Morgan fingerprint density at radius 2 is 2.14 bits per heavy atom. The Hall–Kier alpha value is -1.43. The lowest BCUT2D eigenvalue weighted by Gasteiger charge is -2.22. The largest absolute Gasteiger partial charge is 0.349 e. The van der Waals surface area contributed by atoms with E-state index in [1.807, 2.05) is 22.9 Å². The van der Waals surface area contributed by atoms with Crippen LogP contribution in [0.5, 0.6) is 0 Å².